The predicted molar refractivity (Wildman–Crippen MR) is 128 cm³/mol. The van der Waals surface area contributed by atoms with Gasteiger partial charge >= 0.3 is 0 Å². The molecule has 0 fully saturated rings. The van der Waals surface area contributed by atoms with Crippen molar-refractivity contribution in [2.75, 3.05) is 11.8 Å². The van der Waals surface area contributed by atoms with Crippen LogP contribution in [0.3, 0.4) is 0 Å². The predicted octanol–water partition coefficient (Wildman–Crippen LogP) is 4.54. The normalized spacial score (nSPS) is 12.2. The van der Waals surface area contributed by atoms with E-state index < -0.39 is 15.9 Å². The molecule has 4 aromatic rings. The van der Waals surface area contributed by atoms with Crippen LogP contribution in [0.25, 0.3) is 10.9 Å². The molecule has 0 saturated carbocycles. The summed E-state index contributed by atoms with van der Waals surface area (Å²) in [5.74, 6) is 0.326. The maximum atomic E-state index is 13.2. The minimum atomic E-state index is -3.99. The number of carbonyl (C=O) groups excluding carboxylic acids is 1. The molecule has 8 heteroatoms. The van der Waals surface area contributed by atoms with Crippen LogP contribution in [0, 0.1) is 0 Å². The fourth-order valence-electron chi connectivity index (χ4n) is 3.51. The number of nitrogens with zero attached hydrogens (tertiary/aromatic N) is 1. The summed E-state index contributed by atoms with van der Waals surface area (Å²) in [6, 6.07) is 22.1. The standard InChI is InChI=1S/C25H23N3O4S/c1-17(18-12-14-20(32-2)15-13-18)27-25(29)21-9-3-4-10-22(21)28-33(30,31)23-11-5-7-19-8-6-16-26-24(19)23/h3-17,28H,1-2H3,(H,27,29)/t17-/m1/s1. The van der Waals surface area contributed by atoms with Gasteiger partial charge in [0.15, 0.2) is 0 Å². The molecule has 7 nitrogen and oxygen atoms in total. The molecule has 1 amide bonds. The lowest BCUT2D eigenvalue weighted by Crippen LogP contribution is -2.28. The highest BCUT2D eigenvalue weighted by atomic mass is 32.2. The molecular formula is C25H23N3O4S. The number of carbonyl (C=O) groups is 1. The van der Waals surface area contributed by atoms with Gasteiger partial charge in [0.2, 0.25) is 0 Å². The Bertz CT molecular complexity index is 1400. The van der Waals surface area contributed by atoms with E-state index in [0.717, 1.165) is 11.3 Å². The van der Waals surface area contributed by atoms with E-state index in [1.165, 1.54) is 6.07 Å². The molecule has 4 rings (SSSR count). The van der Waals surface area contributed by atoms with Crippen molar-refractivity contribution in [3.8, 4) is 5.75 Å². The number of para-hydroxylation sites is 2. The van der Waals surface area contributed by atoms with Gasteiger partial charge in [-0.2, -0.15) is 0 Å². The summed E-state index contributed by atoms with van der Waals surface area (Å²) in [5.41, 5.74) is 1.66. The molecule has 33 heavy (non-hydrogen) atoms. The molecule has 1 heterocycles. The fraction of sp³-hybridized carbons (Fsp3) is 0.120. The van der Waals surface area contributed by atoms with Gasteiger partial charge in [-0.3, -0.25) is 14.5 Å². The zero-order chi connectivity index (χ0) is 23.4. The lowest BCUT2D eigenvalue weighted by Gasteiger charge is -2.17. The largest absolute Gasteiger partial charge is 0.497 e. The number of rotatable bonds is 7. The zero-order valence-corrected chi connectivity index (χ0v) is 19.0. The Kier molecular flexibility index (Phi) is 6.28. The maximum absolute atomic E-state index is 13.2. The van der Waals surface area contributed by atoms with Crippen LogP contribution in [0.4, 0.5) is 5.69 Å². The Balaban J connectivity index is 1.59. The lowest BCUT2D eigenvalue weighted by molar-refractivity contribution is 0.0941. The number of aromatic nitrogens is 1. The molecule has 0 aliphatic rings. The Labute approximate surface area is 192 Å². The third-order valence-electron chi connectivity index (χ3n) is 5.26. The molecule has 0 unspecified atom stereocenters. The number of benzene rings is 3. The number of sulfonamides is 1. The summed E-state index contributed by atoms with van der Waals surface area (Å²) in [6.45, 7) is 1.86. The second-order valence-corrected chi connectivity index (χ2v) is 9.10. The van der Waals surface area contributed by atoms with Gasteiger partial charge in [0.1, 0.15) is 10.6 Å². The van der Waals surface area contributed by atoms with Crippen LogP contribution >= 0.6 is 0 Å². The van der Waals surface area contributed by atoms with Crippen LogP contribution in [-0.2, 0) is 10.0 Å². The van der Waals surface area contributed by atoms with Crippen molar-refractivity contribution in [1.82, 2.24) is 10.3 Å². The van der Waals surface area contributed by atoms with Crippen molar-refractivity contribution in [3.05, 3.63) is 96.2 Å². The average molecular weight is 462 g/mol. The lowest BCUT2D eigenvalue weighted by atomic mass is 10.1. The highest BCUT2D eigenvalue weighted by Crippen LogP contribution is 2.25. The summed E-state index contributed by atoms with van der Waals surface area (Å²) in [6.07, 6.45) is 1.54. The van der Waals surface area contributed by atoms with E-state index in [4.69, 9.17) is 4.74 Å². The van der Waals surface area contributed by atoms with Gasteiger partial charge in [-0.25, -0.2) is 8.42 Å². The first kappa shape index (κ1) is 22.3. The van der Waals surface area contributed by atoms with E-state index in [1.54, 1.807) is 61.8 Å². The quantitative estimate of drug-likeness (QED) is 0.421. The monoisotopic (exact) mass is 461 g/mol. The summed E-state index contributed by atoms with van der Waals surface area (Å²) in [7, 11) is -2.40. The number of pyridine rings is 1. The van der Waals surface area contributed by atoms with Crippen molar-refractivity contribution in [2.45, 2.75) is 17.9 Å². The van der Waals surface area contributed by atoms with Gasteiger partial charge in [0.25, 0.3) is 15.9 Å². The topological polar surface area (TPSA) is 97.4 Å². The molecule has 2 N–H and O–H groups in total. The van der Waals surface area contributed by atoms with E-state index in [0.29, 0.717) is 10.9 Å². The van der Waals surface area contributed by atoms with E-state index in [2.05, 4.69) is 15.0 Å². The van der Waals surface area contributed by atoms with Gasteiger partial charge in [0, 0.05) is 11.6 Å². The minimum absolute atomic E-state index is 0.0439. The number of nitrogens with one attached hydrogen (secondary N) is 2. The van der Waals surface area contributed by atoms with E-state index in [9.17, 15) is 13.2 Å². The Morgan fingerprint density at radius 3 is 2.42 bits per heavy atom. The molecule has 0 aliphatic heterocycles. The molecule has 0 radical (unpaired) electrons. The Morgan fingerprint density at radius 1 is 0.939 bits per heavy atom. The number of methoxy groups -OCH3 is 1. The summed E-state index contributed by atoms with van der Waals surface area (Å²) in [5, 5.41) is 3.63. The van der Waals surface area contributed by atoms with Crippen LogP contribution in [0.5, 0.6) is 5.75 Å². The highest BCUT2D eigenvalue weighted by Gasteiger charge is 2.22. The second kappa shape index (κ2) is 9.30. The van der Waals surface area contributed by atoms with Gasteiger partial charge in [0.05, 0.1) is 29.9 Å². The van der Waals surface area contributed by atoms with Gasteiger partial charge in [-0.1, -0.05) is 42.5 Å². The summed E-state index contributed by atoms with van der Waals surface area (Å²) in [4.78, 5) is 17.3. The van der Waals surface area contributed by atoms with Crippen molar-refractivity contribution in [2.24, 2.45) is 0 Å². The van der Waals surface area contributed by atoms with Crippen molar-refractivity contribution in [3.63, 3.8) is 0 Å². The van der Waals surface area contributed by atoms with Crippen LogP contribution in [0.1, 0.15) is 28.9 Å². The molecule has 0 aliphatic carbocycles. The van der Waals surface area contributed by atoms with Crippen LogP contribution in [-0.4, -0.2) is 26.4 Å². The molecule has 3 aromatic carbocycles. The average Bonchev–Trinajstić information content (AvgIpc) is 2.83. The highest BCUT2D eigenvalue weighted by molar-refractivity contribution is 7.93. The number of hydrogen-bond donors (Lipinski definition) is 2. The molecular weight excluding hydrogens is 438 g/mol. The summed E-state index contributed by atoms with van der Waals surface area (Å²) >= 11 is 0. The third-order valence-corrected chi connectivity index (χ3v) is 6.66. The number of fused-ring (bicyclic) bond motifs is 1. The summed E-state index contributed by atoms with van der Waals surface area (Å²) < 4.78 is 34.1. The Morgan fingerprint density at radius 2 is 1.67 bits per heavy atom. The van der Waals surface area contributed by atoms with Gasteiger partial charge in [-0.15, -0.1) is 0 Å². The molecule has 0 bridgehead atoms. The Hall–Kier alpha value is -3.91. The first-order chi connectivity index (χ1) is 15.9. The number of hydrogen-bond acceptors (Lipinski definition) is 5. The van der Waals surface area contributed by atoms with Gasteiger partial charge in [-0.05, 0) is 48.9 Å². The first-order valence-electron chi connectivity index (χ1n) is 10.3. The van der Waals surface area contributed by atoms with E-state index in [1.807, 2.05) is 31.2 Å². The van der Waals surface area contributed by atoms with Crippen molar-refractivity contribution < 1.29 is 17.9 Å². The maximum Gasteiger partial charge on any atom is 0.264 e. The molecule has 1 atom stereocenters. The van der Waals surface area contributed by atoms with Gasteiger partial charge < -0.3 is 10.1 Å². The number of anilines is 1. The molecule has 168 valence electrons. The van der Waals surface area contributed by atoms with Crippen LogP contribution in [0.2, 0.25) is 0 Å². The first-order valence-corrected chi connectivity index (χ1v) is 11.8. The number of ether oxygens (including phenoxy) is 1. The van der Waals surface area contributed by atoms with Crippen LogP contribution in [0.15, 0.2) is 90.0 Å². The van der Waals surface area contributed by atoms with Crippen LogP contribution < -0.4 is 14.8 Å². The fourth-order valence-corrected chi connectivity index (χ4v) is 4.77. The third kappa shape index (κ3) is 4.80. The minimum Gasteiger partial charge on any atom is -0.497 e. The second-order valence-electron chi connectivity index (χ2n) is 7.45. The van der Waals surface area contributed by atoms with Crippen molar-refractivity contribution >= 4 is 32.5 Å². The SMILES string of the molecule is COc1ccc([C@@H](C)NC(=O)c2ccccc2NS(=O)(=O)c2cccc3cccnc23)cc1. The molecule has 0 spiro atoms. The van der Waals surface area contributed by atoms with Crippen molar-refractivity contribution in [1.29, 1.82) is 0 Å². The smallest absolute Gasteiger partial charge is 0.264 e. The van der Waals surface area contributed by atoms with E-state index in [-0.39, 0.29) is 22.2 Å². The number of amides is 1. The zero-order valence-electron chi connectivity index (χ0n) is 18.1. The van der Waals surface area contributed by atoms with E-state index >= 15 is 0 Å². The molecule has 1 aromatic heterocycles. The molecule has 0 saturated heterocycles.